The van der Waals surface area contributed by atoms with Gasteiger partial charge in [-0.25, -0.2) is 9.59 Å². The molecule has 32 heavy (non-hydrogen) atoms. The van der Waals surface area contributed by atoms with Crippen molar-refractivity contribution in [2.45, 2.75) is 64.6 Å². The predicted octanol–water partition coefficient (Wildman–Crippen LogP) is 4.08. The van der Waals surface area contributed by atoms with Crippen LogP contribution in [0.15, 0.2) is 48.6 Å². The second-order valence-electron chi connectivity index (χ2n) is 7.50. The number of rotatable bonds is 13. The molecule has 2 rings (SSSR count). The standard InChI is InChI=1S/C25H33NO6/c1-3-31-22(27)17-9-5-7-13-19(14-8-6-10-18-23(28)32-4-2)26-24(29)20-15-11-12-16-21(20)25(26)30/h9-12,15-19,24,29H,3-8,13-14H2,1-2H3/b17-9+,18-10+. The van der Waals surface area contributed by atoms with E-state index < -0.39 is 6.23 Å². The van der Waals surface area contributed by atoms with Crippen LogP contribution in [0.3, 0.4) is 0 Å². The number of aliphatic hydroxyl groups excluding tert-OH is 1. The first kappa shape index (κ1) is 25.3. The quantitative estimate of drug-likeness (QED) is 0.281. The summed E-state index contributed by atoms with van der Waals surface area (Å²) < 4.78 is 9.74. The number of fused-ring (bicyclic) bond motifs is 1. The molecule has 1 aromatic carbocycles. The lowest BCUT2D eigenvalue weighted by atomic mass is 10.0. The number of carbonyl (C=O) groups is 3. The zero-order chi connectivity index (χ0) is 23.3. The number of nitrogens with zero attached hydrogens (tertiary/aromatic N) is 1. The monoisotopic (exact) mass is 443 g/mol. The van der Waals surface area contributed by atoms with Crippen LogP contribution >= 0.6 is 0 Å². The first-order chi connectivity index (χ1) is 15.5. The Morgan fingerprint density at radius 3 is 2.03 bits per heavy atom. The molecule has 1 aromatic rings. The van der Waals surface area contributed by atoms with E-state index in [1.807, 2.05) is 6.07 Å². The van der Waals surface area contributed by atoms with Crippen LogP contribution in [0.4, 0.5) is 0 Å². The number of amides is 1. The van der Waals surface area contributed by atoms with Gasteiger partial charge in [0.25, 0.3) is 5.91 Å². The van der Waals surface area contributed by atoms with Crippen molar-refractivity contribution >= 4 is 17.8 Å². The number of unbranched alkanes of at least 4 members (excludes halogenated alkanes) is 2. The topological polar surface area (TPSA) is 93.1 Å². The van der Waals surface area contributed by atoms with Crippen molar-refractivity contribution in [2.75, 3.05) is 13.2 Å². The number of esters is 2. The van der Waals surface area contributed by atoms with Crippen LogP contribution in [0.25, 0.3) is 0 Å². The molecule has 0 saturated carbocycles. The fourth-order valence-corrected chi connectivity index (χ4v) is 3.79. The fraction of sp³-hybridized carbons (Fsp3) is 0.480. The van der Waals surface area contributed by atoms with Crippen molar-refractivity contribution in [3.63, 3.8) is 0 Å². The number of benzene rings is 1. The van der Waals surface area contributed by atoms with Crippen molar-refractivity contribution in [3.8, 4) is 0 Å². The molecule has 0 spiro atoms. The molecule has 1 aliphatic heterocycles. The molecule has 0 aliphatic carbocycles. The summed E-state index contributed by atoms with van der Waals surface area (Å²) in [5.74, 6) is -0.890. The highest BCUT2D eigenvalue weighted by Crippen LogP contribution is 2.35. The average molecular weight is 444 g/mol. The van der Waals surface area contributed by atoms with E-state index in [1.165, 1.54) is 12.2 Å². The first-order valence-electron chi connectivity index (χ1n) is 11.3. The normalized spacial score (nSPS) is 15.7. The maximum Gasteiger partial charge on any atom is 0.330 e. The Kier molecular flexibility index (Phi) is 10.7. The van der Waals surface area contributed by atoms with E-state index in [2.05, 4.69) is 0 Å². The Balaban J connectivity index is 1.97. The van der Waals surface area contributed by atoms with Gasteiger partial charge >= 0.3 is 11.9 Å². The van der Waals surface area contributed by atoms with E-state index in [1.54, 1.807) is 49.1 Å². The van der Waals surface area contributed by atoms with Crippen molar-refractivity contribution in [2.24, 2.45) is 0 Å². The number of hydrogen-bond donors (Lipinski definition) is 1. The van der Waals surface area contributed by atoms with Crippen LogP contribution in [-0.2, 0) is 19.1 Å². The highest BCUT2D eigenvalue weighted by atomic mass is 16.5. The van der Waals surface area contributed by atoms with Crippen LogP contribution in [-0.4, -0.2) is 47.1 Å². The number of allylic oxidation sites excluding steroid dienone is 2. The minimum Gasteiger partial charge on any atom is -0.463 e. The van der Waals surface area contributed by atoms with Crippen molar-refractivity contribution < 1.29 is 29.0 Å². The maximum absolute atomic E-state index is 13.0. The Labute approximate surface area is 189 Å². The summed E-state index contributed by atoms with van der Waals surface area (Å²) in [6.45, 7) is 4.19. The van der Waals surface area contributed by atoms with Crippen molar-refractivity contribution in [3.05, 3.63) is 59.7 Å². The predicted molar refractivity (Wildman–Crippen MR) is 121 cm³/mol. The largest absolute Gasteiger partial charge is 0.463 e. The third kappa shape index (κ3) is 7.34. The third-order valence-corrected chi connectivity index (χ3v) is 5.26. The Morgan fingerprint density at radius 1 is 1.00 bits per heavy atom. The van der Waals surface area contributed by atoms with E-state index in [-0.39, 0.29) is 23.9 Å². The van der Waals surface area contributed by atoms with E-state index in [0.717, 1.165) is 12.8 Å². The zero-order valence-corrected chi connectivity index (χ0v) is 18.9. The van der Waals surface area contributed by atoms with Gasteiger partial charge in [-0.1, -0.05) is 30.4 Å². The molecule has 7 nitrogen and oxygen atoms in total. The molecule has 1 heterocycles. The van der Waals surface area contributed by atoms with Crippen LogP contribution in [0.1, 0.15) is 74.5 Å². The SMILES string of the molecule is CCOC(=O)/C=C/CCCC(CCC/C=C/C(=O)OCC)N1C(=O)c2ccccc2C1O. The summed E-state index contributed by atoms with van der Waals surface area (Å²) in [7, 11) is 0. The molecule has 1 N–H and O–H groups in total. The van der Waals surface area contributed by atoms with E-state index >= 15 is 0 Å². The number of aliphatic hydroxyl groups is 1. The molecule has 0 radical (unpaired) electrons. The van der Waals surface area contributed by atoms with Gasteiger partial charge in [0.15, 0.2) is 6.23 Å². The highest BCUT2D eigenvalue weighted by Gasteiger charge is 2.38. The number of hydrogen-bond acceptors (Lipinski definition) is 6. The highest BCUT2D eigenvalue weighted by molar-refractivity contribution is 5.99. The lowest BCUT2D eigenvalue weighted by Gasteiger charge is -2.31. The van der Waals surface area contributed by atoms with E-state index in [9.17, 15) is 19.5 Å². The summed E-state index contributed by atoms with van der Waals surface area (Å²) in [6.07, 6.45) is 9.65. The van der Waals surface area contributed by atoms with Crippen LogP contribution in [0.2, 0.25) is 0 Å². The molecule has 0 bridgehead atoms. The second kappa shape index (κ2) is 13.5. The summed E-state index contributed by atoms with van der Waals surface area (Å²) in [6, 6.07) is 6.97. The van der Waals surface area contributed by atoms with Crippen LogP contribution in [0.5, 0.6) is 0 Å². The molecule has 7 heteroatoms. The lowest BCUT2D eigenvalue weighted by Crippen LogP contribution is -2.38. The van der Waals surface area contributed by atoms with Gasteiger partial charge in [0, 0.05) is 29.3 Å². The summed E-state index contributed by atoms with van der Waals surface area (Å²) in [4.78, 5) is 37.4. The molecule has 0 saturated heterocycles. The molecule has 1 amide bonds. The van der Waals surface area contributed by atoms with Gasteiger partial charge in [-0.15, -0.1) is 0 Å². The molecule has 0 aromatic heterocycles. The minimum atomic E-state index is -0.964. The first-order valence-corrected chi connectivity index (χ1v) is 11.3. The van der Waals surface area contributed by atoms with Gasteiger partial charge in [-0.2, -0.15) is 0 Å². The molecule has 1 aliphatic rings. The van der Waals surface area contributed by atoms with Gasteiger partial charge in [0.1, 0.15) is 0 Å². The van der Waals surface area contributed by atoms with E-state index in [4.69, 9.17) is 9.47 Å². The molecule has 1 unspecified atom stereocenters. The zero-order valence-electron chi connectivity index (χ0n) is 18.9. The van der Waals surface area contributed by atoms with E-state index in [0.29, 0.717) is 50.0 Å². The van der Waals surface area contributed by atoms with Crippen LogP contribution in [0, 0.1) is 0 Å². The van der Waals surface area contributed by atoms with Crippen molar-refractivity contribution in [1.82, 2.24) is 4.90 Å². The summed E-state index contributed by atoms with van der Waals surface area (Å²) >= 11 is 0. The van der Waals surface area contributed by atoms with Gasteiger partial charge in [0.2, 0.25) is 0 Å². The number of carbonyl (C=O) groups excluding carboxylic acids is 3. The number of ether oxygens (including phenoxy) is 2. The summed E-state index contributed by atoms with van der Waals surface area (Å²) in [5.41, 5.74) is 1.17. The molecule has 174 valence electrons. The lowest BCUT2D eigenvalue weighted by molar-refractivity contribution is -0.138. The third-order valence-electron chi connectivity index (χ3n) is 5.26. The van der Waals surface area contributed by atoms with Gasteiger partial charge in [-0.05, 0) is 58.4 Å². The minimum absolute atomic E-state index is 0.156. The van der Waals surface area contributed by atoms with Gasteiger partial charge < -0.3 is 19.5 Å². The molecule has 1 atom stereocenters. The van der Waals surface area contributed by atoms with Gasteiger partial charge in [-0.3, -0.25) is 4.79 Å². The second-order valence-corrected chi connectivity index (χ2v) is 7.50. The Morgan fingerprint density at radius 2 is 1.53 bits per heavy atom. The average Bonchev–Trinajstić information content (AvgIpc) is 3.03. The Hall–Kier alpha value is -2.93. The summed E-state index contributed by atoms with van der Waals surface area (Å²) in [5, 5.41) is 10.8. The van der Waals surface area contributed by atoms with Crippen molar-refractivity contribution in [1.29, 1.82) is 0 Å². The Bertz CT molecular complexity index is 797. The molecular weight excluding hydrogens is 410 g/mol. The fourth-order valence-electron chi connectivity index (χ4n) is 3.79. The molecular formula is C25H33NO6. The van der Waals surface area contributed by atoms with Gasteiger partial charge in [0.05, 0.1) is 13.2 Å². The molecule has 0 fully saturated rings. The maximum atomic E-state index is 13.0. The smallest absolute Gasteiger partial charge is 0.330 e. The van der Waals surface area contributed by atoms with Crippen LogP contribution < -0.4 is 0 Å².